The number of para-hydroxylation sites is 1. The molecule has 142 valence electrons. The Bertz CT molecular complexity index is 773. The van der Waals surface area contributed by atoms with Gasteiger partial charge >= 0.3 is 0 Å². The first-order valence-electron chi connectivity index (χ1n) is 8.98. The number of hydrogen-bond donors (Lipinski definition) is 0. The number of nitro benzene ring substituents is 1. The SMILES string of the molecule is C=CCC(CCC)N(C1C=CCCC1)S(=O)(=O)c1ccccc1[N+](=O)[O-]. The van der Waals surface area contributed by atoms with Crippen LogP contribution in [0, 0.1) is 10.1 Å². The second-order valence-electron chi connectivity index (χ2n) is 6.45. The molecule has 1 aliphatic rings. The Balaban J connectivity index is 2.59. The van der Waals surface area contributed by atoms with Crippen molar-refractivity contribution in [3.8, 4) is 0 Å². The predicted octanol–water partition coefficient (Wildman–Crippen LogP) is 4.44. The number of allylic oxidation sites excluding steroid dienone is 1. The largest absolute Gasteiger partial charge is 0.289 e. The number of hydrogen-bond acceptors (Lipinski definition) is 4. The molecule has 0 heterocycles. The smallest absolute Gasteiger partial charge is 0.258 e. The van der Waals surface area contributed by atoms with Gasteiger partial charge in [-0.05, 0) is 38.2 Å². The minimum absolute atomic E-state index is 0.242. The summed E-state index contributed by atoms with van der Waals surface area (Å²) in [5.41, 5.74) is -0.383. The fraction of sp³-hybridized carbons (Fsp3) is 0.474. The predicted molar refractivity (Wildman–Crippen MR) is 102 cm³/mol. The Morgan fingerprint density at radius 3 is 2.73 bits per heavy atom. The van der Waals surface area contributed by atoms with Gasteiger partial charge in [0.15, 0.2) is 4.90 Å². The zero-order valence-corrected chi connectivity index (χ0v) is 15.9. The number of nitro groups is 1. The van der Waals surface area contributed by atoms with Gasteiger partial charge in [0, 0.05) is 18.2 Å². The van der Waals surface area contributed by atoms with Crippen LogP contribution >= 0.6 is 0 Å². The molecule has 1 aromatic carbocycles. The lowest BCUT2D eigenvalue weighted by Gasteiger charge is -2.36. The van der Waals surface area contributed by atoms with Crippen molar-refractivity contribution in [3.63, 3.8) is 0 Å². The molecule has 0 saturated carbocycles. The van der Waals surface area contributed by atoms with Crippen LogP contribution in [-0.2, 0) is 10.0 Å². The van der Waals surface area contributed by atoms with Crippen LogP contribution in [0.5, 0.6) is 0 Å². The summed E-state index contributed by atoms with van der Waals surface area (Å²) >= 11 is 0. The topological polar surface area (TPSA) is 80.5 Å². The molecule has 0 bridgehead atoms. The van der Waals surface area contributed by atoms with Gasteiger partial charge < -0.3 is 0 Å². The van der Waals surface area contributed by atoms with Crippen LogP contribution in [0.1, 0.15) is 45.4 Å². The van der Waals surface area contributed by atoms with Crippen molar-refractivity contribution in [3.05, 3.63) is 59.2 Å². The molecule has 2 unspecified atom stereocenters. The van der Waals surface area contributed by atoms with Crippen LogP contribution in [0.25, 0.3) is 0 Å². The maximum Gasteiger partial charge on any atom is 0.289 e. The highest BCUT2D eigenvalue weighted by Gasteiger charge is 2.39. The standard InChI is InChI=1S/C19H26N2O4S/c1-3-10-16(11-4-2)20(17-12-6-5-7-13-17)26(24,25)19-15-9-8-14-18(19)21(22)23/h3,6,8-9,12,14-17H,1,4-5,7,10-11,13H2,2H3. The minimum atomic E-state index is -4.03. The summed E-state index contributed by atoms with van der Waals surface area (Å²) in [6.45, 7) is 5.77. The van der Waals surface area contributed by atoms with Crippen LogP contribution in [0.15, 0.2) is 54.0 Å². The Morgan fingerprint density at radius 1 is 1.42 bits per heavy atom. The van der Waals surface area contributed by atoms with Gasteiger partial charge in [-0.15, -0.1) is 6.58 Å². The van der Waals surface area contributed by atoms with E-state index in [-0.39, 0.29) is 22.7 Å². The maximum absolute atomic E-state index is 13.5. The first-order valence-corrected chi connectivity index (χ1v) is 10.4. The van der Waals surface area contributed by atoms with E-state index < -0.39 is 14.9 Å². The highest BCUT2D eigenvalue weighted by molar-refractivity contribution is 7.89. The van der Waals surface area contributed by atoms with E-state index >= 15 is 0 Å². The Labute approximate surface area is 155 Å². The summed E-state index contributed by atoms with van der Waals surface area (Å²) in [7, 11) is -4.03. The van der Waals surface area contributed by atoms with Gasteiger partial charge in [0.05, 0.1) is 4.92 Å². The van der Waals surface area contributed by atoms with Gasteiger partial charge in [0.25, 0.3) is 15.7 Å². The van der Waals surface area contributed by atoms with E-state index in [0.717, 1.165) is 19.3 Å². The van der Waals surface area contributed by atoms with Crippen LogP contribution < -0.4 is 0 Å². The van der Waals surface area contributed by atoms with E-state index in [1.807, 2.05) is 19.1 Å². The van der Waals surface area contributed by atoms with Crippen molar-refractivity contribution in [1.82, 2.24) is 4.31 Å². The van der Waals surface area contributed by atoms with Gasteiger partial charge in [0.2, 0.25) is 0 Å². The number of nitrogens with zero attached hydrogens (tertiary/aromatic N) is 2. The lowest BCUT2D eigenvalue weighted by Crippen LogP contribution is -2.47. The highest BCUT2D eigenvalue weighted by Crippen LogP contribution is 2.33. The van der Waals surface area contributed by atoms with E-state index in [1.54, 1.807) is 6.08 Å². The lowest BCUT2D eigenvalue weighted by molar-refractivity contribution is -0.387. The number of benzene rings is 1. The number of sulfonamides is 1. The van der Waals surface area contributed by atoms with Crippen molar-refractivity contribution in [2.75, 3.05) is 0 Å². The molecule has 0 fully saturated rings. The fourth-order valence-corrected chi connectivity index (χ4v) is 5.47. The molecule has 0 spiro atoms. The third-order valence-corrected chi connectivity index (χ3v) is 6.62. The average molecular weight is 378 g/mol. The van der Waals surface area contributed by atoms with Crippen molar-refractivity contribution in [2.45, 2.75) is 62.4 Å². The molecule has 0 aromatic heterocycles. The summed E-state index contributed by atoms with van der Waals surface area (Å²) in [4.78, 5) is 10.5. The van der Waals surface area contributed by atoms with Gasteiger partial charge in [-0.2, -0.15) is 4.31 Å². The van der Waals surface area contributed by atoms with Gasteiger partial charge in [0.1, 0.15) is 0 Å². The zero-order chi connectivity index (χ0) is 19.2. The molecule has 1 aromatic rings. The van der Waals surface area contributed by atoms with Crippen LogP contribution in [0.4, 0.5) is 5.69 Å². The first kappa shape index (κ1) is 20.3. The molecule has 7 heteroatoms. The van der Waals surface area contributed by atoms with Crippen molar-refractivity contribution >= 4 is 15.7 Å². The summed E-state index contributed by atoms with van der Waals surface area (Å²) in [6, 6.07) is 5.01. The molecular formula is C19H26N2O4S. The van der Waals surface area contributed by atoms with Crippen LogP contribution in [0.2, 0.25) is 0 Å². The highest BCUT2D eigenvalue weighted by atomic mass is 32.2. The first-order chi connectivity index (χ1) is 12.4. The Kier molecular flexibility index (Phi) is 7.11. The zero-order valence-electron chi connectivity index (χ0n) is 15.1. The van der Waals surface area contributed by atoms with Gasteiger partial charge in [-0.1, -0.05) is 43.7 Å². The van der Waals surface area contributed by atoms with Crippen LogP contribution in [-0.4, -0.2) is 29.7 Å². The van der Waals surface area contributed by atoms with Gasteiger partial charge in [-0.25, -0.2) is 8.42 Å². The second-order valence-corrected chi connectivity index (χ2v) is 8.26. The Hall–Kier alpha value is -1.99. The molecule has 0 radical (unpaired) electrons. The molecule has 2 atom stereocenters. The summed E-state index contributed by atoms with van der Waals surface area (Å²) in [5, 5.41) is 11.4. The molecule has 6 nitrogen and oxygen atoms in total. The van der Waals surface area contributed by atoms with Crippen molar-refractivity contribution in [2.24, 2.45) is 0 Å². The molecule has 1 aliphatic carbocycles. The maximum atomic E-state index is 13.5. The molecule has 0 aliphatic heterocycles. The van der Waals surface area contributed by atoms with E-state index in [4.69, 9.17) is 0 Å². The quantitative estimate of drug-likeness (QED) is 0.361. The van der Waals surface area contributed by atoms with Crippen molar-refractivity contribution < 1.29 is 13.3 Å². The molecule has 2 rings (SSSR count). The van der Waals surface area contributed by atoms with Crippen molar-refractivity contribution in [1.29, 1.82) is 0 Å². The number of rotatable bonds is 9. The lowest BCUT2D eigenvalue weighted by atomic mass is 10.00. The van der Waals surface area contributed by atoms with E-state index in [2.05, 4.69) is 6.58 Å². The molecule has 0 N–H and O–H groups in total. The molecule has 26 heavy (non-hydrogen) atoms. The fourth-order valence-electron chi connectivity index (χ4n) is 3.47. The van der Waals surface area contributed by atoms with Gasteiger partial charge in [-0.3, -0.25) is 10.1 Å². The van der Waals surface area contributed by atoms with E-state index in [9.17, 15) is 18.5 Å². The van der Waals surface area contributed by atoms with E-state index in [0.29, 0.717) is 19.3 Å². The van der Waals surface area contributed by atoms with Crippen LogP contribution in [0.3, 0.4) is 0 Å². The summed E-state index contributed by atoms with van der Waals surface area (Å²) in [6.07, 6.45) is 10.2. The molecule has 0 amide bonds. The molecular weight excluding hydrogens is 352 g/mol. The minimum Gasteiger partial charge on any atom is -0.258 e. The Morgan fingerprint density at radius 2 is 2.15 bits per heavy atom. The monoisotopic (exact) mass is 378 g/mol. The molecule has 0 saturated heterocycles. The summed E-state index contributed by atoms with van der Waals surface area (Å²) < 4.78 is 28.5. The third kappa shape index (κ3) is 4.40. The normalized spacial score (nSPS) is 18.6. The third-order valence-electron chi connectivity index (χ3n) is 4.59. The second kappa shape index (κ2) is 9.09. The average Bonchev–Trinajstić information content (AvgIpc) is 2.63. The summed E-state index contributed by atoms with van der Waals surface area (Å²) in [5.74, 6) is 0. The van der Waals surface area contributed by atoms with E-state index in [1.165, 1.54) is 28.6 Å².